The summed E-state index contributed by atoms with van der Waals surface area (Å²) in [5.41, 5.74) is 6.91. The summed E-state index contributed by atoms with van der Waals surface area (Å²) in [6.45, 7) is 9.15. The lowest BCUT2D eigenvalue weighted by molar-refractivity contribution is -0.115. The Balaban J connectivity index is 1.47. The number of hydrogen-bond donors (Lipinski definition) is 1. The number of carbonyl (C=O) groups excluding carboxylic acids is 1. The molecule has 1 aliphatic rings. The second-order valence-electron chi connectivity index (χ2n) is 8.30. The fourth-order valence-corrected chi connectivity index (χ4v) is 5.14. The minimum atomic E-state index is -0.0264. The van der Waals surface area contributed by atoms with Gasteiger partial charge in [0.25, 0.3) is 0 Å². The number of aryl methyl sites for hydroxylation is 2. The molecule has 0 aliphatic carbocycles. The molecule has 1 saturated heterocycles. The zero-order valence-electron chi connectivity index (χ0n) is 18.8. The van der Waals surface area contributed by atoms with Crippen molar-refractivity contribution < 1.29 is 4.79 Å². The number of benzene rings is 2. The molecule has 0 spiro atoms. The third-order valence-corrected chi connectivity index (χ3v) is 7.13. The minimum Gasteiger partial charge on any atom is -0.326 e. The van der Waals surface area contributed by atoms with Crippen molar-refractivity contribution in [2.45, 2.75) is 33.7 Å². The number of aromatic nitrogens is 2. The van der Waals surface area contributed by atoms with E-state index in [9.17, 15) is 4.79 Å². The Morgan fingerprint density at radius 2 is 1.81 bits per heavy atom. The fourth-order valence-electron chi connectivity index (χ4n) is 4.04. The van der Waals surface area contributed by atoms with Crippen molar-refractivity contribution in [3.63, 3.8) is 0 Å². The average molecular weight is 469 g/mol. The van der Waals surface area contributed by atoms with Crippen LogP contribution >= 0.6 is 23.4 Å². The molecule has 5 nitrogen and oxygen atoms in total. The van der Waals surface area contributed by atoms with Crippen LogP contribution in [0.3, 0.4) is 0 Å². The van der Waals surface area contributed by atoms with Gasteiger partial charge in [0.2, 0.25) is 5.91 Å². The van der Waals surface area contributed by atoms with Gasteiger partial charge in [-0.1, -0.05) is 23.7 Å². The highest BCUT2D eigenvalue weighted by atomic mass is 35.5. The maximum Gasteiger partial charge on any atom is 0.228 e. The number of nitrogens with one attached hydrogen (secondary N) is 1. The Hall–Kier alpha value is -2.28. The summed E-state index contributed by atoms with van der Waals surface area (Å²) in [6, 6.07) is 13.9. The quantitative estimate of drug-likeness (QED) is 0.541. The van der Waals surface area contributed by atoms with Crippen LogP contribution in [0, 0.1) is 20.8 Å². The van der Waals surface area contributed by atoms with Gasteiger partial charge in [-0.15, -0.1) is 0 Å². The maximum atomic E-state index is 13.0. The van der Waals surface area contributed by atoms with Gasteiger partial charge in [0.05, 0.1) is 17.8 Å². The van der Waals surface area contributed by atoms with E-state index >= 15 is 0 Å². The number of carbonyl (C=O) groups is 1. The first-order chi connectivity index (χ1) is 15.4. The van der Waals surface area contributed by atoms with Gasteiger partial charge in [-0.05, 0) is 62.2 Å². The van der Waals surface area contributed by atoms with Crippen LogP contribution in [-0.4, -0.2) is 45.2 Å². The van der Waals surface area contributed by atoms with Gasteiger partial charge < -0.3 is 5.32 Å². The van der Waals surface area contributed by atoms with Crippen LogP contribution in [0.2, 0.25) is 5.02 Å². The summed E-state index contributed by atoms with van der Waals surface area (Å²) in [7, 11) is 0. The number of rotatable bonds is 6. The van der Waals surface area contributed by atoms with Gasteiger partial charge in [0.1, 0.15) is 0 Å². The second kappa shape index (κ2) is 10.1. The molecule has 0 bridgehead atoms. The Morgan fingerprint density at radius 3 is 2.53 bits per heavy atom. The molecule has 4 rings (SSSR count). The summed E-state index contributed by atoms with van der Waals surface area (Å²) < 4.78 is 1.87. The highest BCUT2D eigenvalue weighted by molar-refractivity contribution is 7.99. The van der Waals surface area contributed by atoms with Crippen LogP contribution in [0.25, 0.3) is 5.69 Å². The van der Waals surface area contributed by atoms with Crippen LogP contribution in [0.4, 0.5) is 5.69 Å². The Bertz CT molecular complexity index is 1100. The zero-order valence-corrected chi connectivity index (χ0v) is 20.4. The minimum absolute atomic E-state index is 0.0264. The van der Waals surface area contributed by atoms with Crippen molar-refractivity contribution >= 4 is 35.0 Å². The monoisotopic (exact) mass is 468 g/mol. The molecule has 1 aliphatic heterocycles. The molecule has 0 radical (unpaired) electrons. The number of halogens is 1. The number of nitrogens with zero attached hydrogens (tertiary/aromatic N) is 3. The molecule has 168 valence electrons. The summed E-state index contributed by atoms with van der Waals surface area (Å²) >= 11 is 8.03. The molecule has 2 aromatic carbocycles. The zero-order chi connectivity index (χ0) is 22.7. The Kier molecular flexibility index (Phi) is 7.23. The van der Waals surface area contributed by atoms with Crippen molar-refractivity contribution in [3.8, 4) is 5.69 Å². The standard InChI is InChI=1S/C25H29ClN4OS/c1-17-4-5-20(16-29-10-12-32-13-11-29)14-24(17)27-25(31)15-23-18(2)28-30(19(23)3)22-8-6-21(26)7-9-22/h4-9,14H,10-13,15-16H2,1-3H3,(H,27,31). The van der Waals surface area contributed by atoms with Crippen molar-refractivity contribution in [1.29, 1.82) is 0 Å². The number of amides is 1. The van der Waals surface area contributed by atoms with Crippen molar-refractivity contribution in [3.05, 3.63) is 75.6 Å². The van der Waals surface area contributed by atoms with Crippen LogP contribution in [-0.2, 0) is 17.8 Å². The predicted octanol–water partition coefficient (Wildman–Crippen LogP) is 5.18. The third-order valence-electron chi connectivity index (χ3n) is 5.94. The topological polar surface area (TPSA) is 50.2 Å². The van der Waals surface area contributed by atoms with Crippen molar-refractivity contribution in [2.24, 2.45) is 0 Å². The van der Waals surface area contributed by atoms with Gasteiger partial charge in [-0.2, -0.15) is 16.9 Å². The molecule has 32 heavy (non-hydrogen) atoms. The Morgan fingerprint density at radius 1 is 1.09 bits per heavy atom. The van der Waals surface area contributed by atoms with Crippen molar-refractivity contribution in [2.75, 3.05) is 29.9 Å². The van der Waals surface area contributed by atoms with Crippen LogP contribution in [0.1, 0.15) is 28.1 Å². The van der Waals surface area contributed by atoms with Crippen LogP contribution < -0.4 is 5.32 Å². The second-order valence-corrected chi connectivity index (χ2v) is 9.96. The van der Waals surface area contributed by atoms with Gasteiger partial charge in [0.15, 0.2) is 0 Å². The van der Waals surface area contributed by atoms with Gasteiger partial charge in [-0.25, -0.2) is 4.68 Å². The van der Waals surface area contributed by atoms with Gasteiger partial charge in [0, 0.05) is 53.1 Å². The van der Waals surface area contributed by atoms with E-state index in [-0.39, 0.29) is 12.3 Å². The third kappa shape index (κ3) is 5.37. The number of anilines is 1. The molecular weight excluding hydrogens is 440 g/mol. The van der Waals surface area contributed by atoms with Crippen LogP contribution in [0.15, 0.2) is 42.5 Å². The van der Waals surface area contributed by atoms with E-state index in [0.29, 0.717) is 5.02 Å². The summed E-state index contributed by atoms with van der Waals surface area (Å²) in [4.78, 5) is 15.4. The summed E-state index contributed by atoms with van der Waals surface area (Å²) in [6.07, 6.45) is 0.290. The normalized spacial score (nSPS) is 14.5. The Labute approximate surface area is 199 Å². The molecule has 0 saturated carbocycles. The maximum absolute atomic E-state index is 13.0. The highest BCUT2D eigenvalue weighted by Crippen LogP contribution is 2.23. The van der Waals surface area contributed by atoms with E-state index in [1.807, 2.05) is 61.5 Å². The predicted molar refractivity (Wildman–Crippen MR) is 134 cm³/mol. The molecule has 7 heteroatoms. The lowest BCUT2D eigenvalue weighted by atomic mass is 10.1. The first kappa shape index (κ1) is 22.9. The SMILES string of the molecule is Cc1ccc(CN2CCSCC2)cc1NC(=O)Cc1c(C)nn(-c2ccc(Cl)cc2)c1C. The summed E-state index contributed by atoms with van der Waals surface area (Å²) in [5, 5.41) is 8.47. The summed E-state index contributed by atoms with van der Waals surface area (Å²) in [5.74, 6) is 2.36. The molecule has 0 atom stereocenters. The lowest BCUT2D eigenvalue weighted by Crippen LogP contribution is -2.32. The smallest absolute Gasteiger partial charge is 0.228 e. The van der Waals surface area contributed by atoms with E-state index in [0.717, 1.165) is 53.5 Å². The molecule has 3 aromatic rings. The first-order valence-corrected chi connectivity index (χ1v) is 12.4. The molecule has 1 fully saturated rings. The average Bonchev–Trinajstić information content (AvgIpc) is 3.05. The largest absolute Gasteiger partial charge is 0.326 e. The molecular formula is C25H29ClN4OS. The molecule has 1 N–H and O–H groups in total. The van der Waals surface area contributed by atoms with E-state index in [1.54, 1.807) is 0 Å². The van der Waals surface area contributed by atoms with Crippen molar-refractivity contribution in [1.82, 2.24) is 14.7 Å². The van der Waals surface area contributed by atoms with E-state index in [1.165, 1.54) is 17.1 Å². The van der Waals surface area contributed by atoms with Gasteiger partial charge in [-0.3, -0.25) is 9.69 Å². The molecule has 2 heterocycles. The molecule has 1 amide bonds. The van der Waals surface area contributed by atoms with E-state index in [2.05, 4.69) is 33.5 Å². The first-order valence-electron chi connectivity index (χ1n) is 10.9. The number of hydrogen-bond acceptors (Lipinski definition) is 4. The highest BCUT2D eigenvalue weighted by Gasteiger charge is 2.17. The fraction of sp³-hybridized carbons (Fsp3) is 0.360. The lowest BCUT2D eigenvalue weighted by Gasteiger charge is -2.26. The number of thioether (sulfide) groups is 1. The van der Waals surface area contributed by atoms with E-state index < -0.39 is 0 Å². The molecule has 1 aromatic heterocycles. The molecule has 0 unspecified atom stereocenters. The van der Waals surface area contributed by atoms with E-state index in [4.69, 9.17) is 11.6 Å². The van der Waals surface area contributed by atoms with Crippen LogP contribution in [0.5, 0.6) is 0 Å². The van der Waals surface area contributed by atoms with Gasteiger partial charge >= 0.3 is 0 Å².